The van der Waals surface area contributed by atoms with E-state index in [1.807, 2.05) is 48.7 Å². The molecule has 1 heterocycles. The van der Waals surface area contributed by atoms with Crippen molar-refractivity contribution in [3.63, 3.8) is 0 Å². The van der Waals surface area contributed by atoms with Crippen LogP contribution in [0.3, 0.4) is 0 Å². The Labute approximate surface area is 123 Å². The molecule has 0 atom stereocenters. The normalized spacial score (nSPS) is 10.8. The van der Waals surface area contributed by atoms with Crippen molar-refractivity contribution < 1.29 is 9.53 Å². The van der Waals surface area contributed by atoms with Crippen molar-refractivity contribution in [2.24, 2.45) is 0 Å². The Morgan fingerprint density at radius 2 is 1.86 bits per heavy atom. The topological polar surface area (TPSA) is 31.2 Å². The first-order chi connectivity index (χ1) is 10.1. The number of ether oxygens (including phenoxy) is 1. The first-order valence-corrected chi connectivity index (χ1v) is 6.88. The Morgan fingerprint density at radius 3 is 2.57 bits per heavy atom. The Hall–Kier alpha value is -2.55. The van der Waals surface area contributed by atoms with Crippen LogP contribution in [0, 0.1) is 6.92 Å². The van der Waals surface area contributed by atoms with Crippen LogP contribution < -0.4 is 4.74 Å². The lowest BCUT2D eigenvalue weighted by Crippen LogP contribution is -2.02. The molecule has 0 aliphatic rings. The number of para-hydroxylation sites is 1. The molecule has 3 nitrogen and oxygen atoms in total. The summed E-state index contributed by atoms with van der Waals surface area (Å²) in [7, 11) is 1.66. The van der Waals surface area contributed by atoms with Crippen LogP contribution in [0.5, 0.6) is 5.75 Å². The van der Waals surface area contributed by atoms with Crippen molar-refractivity contribution in [2.45, 2.75) is 13.8 Å². The number of hydrogen-bond acceptors (Lipinski definition) is 2. The first kappa shape index (κ1) is 13.4. The fourth-order valence-corrected chi connectivity index (χ4v) is 2.67. The number of aryl methyl sites for hydroxylation is 1. The first-order valence-electron chi connectivity index (χ1n) is 6.88. The van der Waals surface area contributed by atoms with Crippen molar-refractivity contribution in [1.82, 2.24) is 4.57 Å². The number of carbonyl (C=O) groups excluding carboxylic acids is 1. The number of carbonyl (C=O) groups is 1. The molecule has 3 aromatic rings. The molecule has 0 aliphatic carbocycles. The highest BCUT2D eigenvalue weighted by atomic mass is 16.5. The van der Waals surface area contributed by atoms with Crippen LogP contribution in [-0.4, -0.2) is 17.6 Å². The maximum absolute atomic E-state index is 11.9. The molecule has 106 valence electrons. The molecule has 21 heavy (non-hydrogen) atoms. The molecule has 0 spiro atoms. The molecule has 1 aromatic heterocycles. The van der Waals surface area contributed by atoms with Gasteiger partial charge in [-0.2, -0.15) is 0 Å². The third-order valence-corrected chi connectivity index (χ3v) is 3.79. The van der Waals surface area contributed by atoms with Crippen LogP contribution >= 0.6 is 0 Å². The molecule has 0 fully saturated rings. The van der Waals surface area contributed by atoms with E-state index >= 15 is 0 Å². The van der Waals surface area contributed by atoms with E-state index in [9.17, 15) is 4.79 Å². The molecule has 0 aliphatic heterocycles. The van der Waals surface area contributed by atoms with Crippen LogP contribution in [0.2, 0.25) is 0 Å². The minimum atomic E-state index is 0.0120. The molecule has 0 saturated heterocycles. The van der Waals surface area contributed by atoms with Gasteiger partial charge in [0.1, 0.15) is 5.75 Å². The lowest BCUT2D eigenvalue weighted by molar-refractivity contribution is 0.0942. The van der Waals surface area contributed by atoms with E-state index in [4.69, 9.17) is 4.74 Å². The van der Waals surface area contributed by atoms with Gasteiger partial charge in [-0.05, 0) is 36.2 Å². The van der Waals surface area contributed by atoms with Crippen LogP contribution in [0.1, 0.15) is 17.3 Å². The van der Waals surface area contributed by atoms with Crippen LogP contribution in [0.4, 0.5) is 0 Å². The number of benzene rings is 2. The number of fused-ring (bicyclic) bond motifs is 1. The van der Waals surface area contributed by atoms with E-state index in [0.717, 1.165) is 33.3 Å². The van der Waals surface area contributed by atoms with E-state index in [1.165, 1.54) is 0 Å². The number of rotatable bonds is 2. The molecule has 0 radical (unpaired) electrons. The van der Waals surface area contributed by atoms with E-state index in [1.54, 1.807) is 18.6 Å². The Balaban J connectivity index is 2.33. The predicted molar refractivity (Wildman–Crippen MR) is 85.0 cm³/mol. The SMILES string of the molecule is COc1ccc(C)c(-c2cn(C(C)=O)c3ccccc23)c1. The molecule has 3 heteroatoms. The Morgan fingerprint density at radius 1 is 1.10 bits per heavy atom. The molecular formula is C18H17NO2. The van der Waals surface area contributed by atoms with Crippen LogP contribution in [0.25, 0.3) is 22.0 Å². The highest BCUT2D eigenvalue weighted by Crippen LogP contribution is 2.34. The predicted octanol–water partition coefficient (Wildman–Crippen LogP) is 4.29. The summed E-state index contributed by atoms with van der Waals surface area (Å²) in [5.41, 5.74) is 4.23. The second-order valence-electron chi connectivity index (χ2n) is 5.13. The average Bonchev–Trinajstić information content (AvgIpc) is 2.87. The van der Waals surface area contributed by atoms with Gasteiger partial charge in [-0.3, -0.25) is 9.36 Å². The Kier molecular flexibility index (Phi) is 3.26. The molecule has 3 rings (SSSR count). The van der Waals surface area contributed by atoms with Gasteiger partial charge in [0.25, 0.3) is 0 Å². The van der Waals surface area contributed by atoms with Gasteiger partial charge in [0.2, 0.25) is 5.91 Å². The third kappa shape index (κ3) is 2.21. The quantitative estimate of drug-likeness (QED) is 0.701. The zero-order chi connectivity index (χ0) is 15.0. The van der Waals surface area contributed by atoms with Gasteiger partial charge < -0.3 is 4.74 Å². The molecule has 0 bridgehead atoms. The highest BCUT2D eigenvalue weighted by molar-refractivity contribution is 6.02. The summed E-state index contributed by atoms with van der Waals surface area (Å²) in [6.45, 7) is 3.64. The van der Waals surface area contributed by atoms with Gasteiger partial charge in [0.05, 0.1) is 12.6 Å². The van der Waals surface area contributed by atoms with Gasteiger partial charge in [-0.25, -0.2) is 0 Å². The highest BCUT2D eigenvalue weighted by Gasteiger charge is 2.14. The third-order valence-electron chi connectivity index (χ3n) is 3.79. The van der Waals surface area contributed by atoms with Gasteiger partial charge in [-0.15, -0.1) is 0 Å². The monoisotopic (exact) mass is 279 g/mol. The fraction of sp³-hybridized carbons (Fsp3) is 0.167. The molecule has 0 saturated carbocycles. The van der Waals surface area contributed by atoms with E-state index < -0.39 is 0 Å². The second-order valence-corrected chi connectivity index (χ2v) is 5.13. The summed E-state index contributed by atoms with van der Waals surface area (Å²) in [5.74, 6) is 0.827. The second kappa shape index (κ2) is 5.09. The van der Waals surface area contributed by atoms with Crippen molar-refractivity contribution in [3.8, 4) is 16.9 Å². The minimum absolute atomic E-state index is 0.0120. The number of methoxy groups -OCH3 is 1. The van der Waals surface area contributed by atoms with Crippen LogP contribution in [-0.2, 0) is 0 Å². The number of hydrogen-bond donors (Lipinski definition) is 0. The van der Waals surface area contributed by atoms with Crippen molar-refractivity contribution >= 4 is 16.8 Å². The number of nitrogens with zero attached hydrogens (tertiary/aromatic N) is 1. The van der Waals surface area contributed by atoms with Crippen molar-refractivity contribution in [2.75, 3.05) is 7.11 Å². The standard InChI is InChI=1S/C18H17NO2/c1-12-8-9-14(21-3)10-16(12)17-11-19(13(2)20)18-7-5-4-6-15(17)18/h4-11H,1-3H3. The van der Waals surface area contributed by atoms with Crippen LogP contribution in [0.15, 0.2) is 48.7 Å². The molecule has 0 amide bonds. The van der Waals surface area contributed by atoms with E-state index in [-0.39, 0.29) is 5.91 Å². The fourth-order valence-electron chi connectivity index (χ4n) is 2.67. The lowest BCUT2D eigenvalue weighted by Gasteiger charge is -2.07. The van der Waals surface area contributed by atoms with Crippen molar-refractivity contribution in [3.05, 3.63) is 54.2 Å². The van der Waals surface area contributed by atoms with Gasteiger partial charge in [0, 0.05) is 24.1 Å². The van der Waals surface area contributed by atoms with Gasteiger partial charge >= 0.3 is 0 Å². The van der Waals surface area contributed by atoms with E-state index in [2.05, 4.69) is 6.92 Å². The number of aromatic nitrogens is 1. The molecule has 0 N–H and O–H groups in total. The largest absolute Gasteiger partial charge is 0.497 e. The van der Waals surface area contributed by atoms with E-state index in [0.29, 0.717) is 0 Å². The average molecular weight is 279 g/mol. The summed E-state index contributed by atoms with van der Waals surface area (Å²) >= 11 is 0. The van der Waals surface area contributed by atoms with Gasteiger partial charge in [0.15, 0.2) is 0 Å². The lowest BCUT2D eigenvalue weighted by atomic mass is 10.00. The summed E-state index contributed by atoms with van der Waals surface area (Å²) in [6, 6.07) is 14.0. The summed E-state index contributed by atoms with van der Waals surface area (Å²) in [6.07, 6.45) is 1.91. The molecule has 2 aromatic carbocycles. The maximum atomic E-state index is 11.9. The molecule has 0 unspecified atom stereocenters. The van der Waals surface area contributed by atoms with Gasteiger partial charge in [-0.1, -0.05) is 24.3 Å². The summed E-state index contributed by atoms with van der Waals surface area (Å²) in [4.78, 5) is 11.9. The minimum Gasteiger partial charge on any atom is -0.497 e. The maximum Gasteiger partial charge on any atom is 0.227 e. The summed E-state index contributed by atoms with van der Waals surface area (Å²) < 4.78 is 7.02. The summed E-state index contributed by atoms with van der Waals surface area (Å²) in [5, 5.41) is 1.07. The van der Waals surface area contributed by atoms with Crippen molar-refractivity contribution in [1.29, 1.82) is 0 Å². The molecular weight excluding hydrogens is 262 g/mol. The zero-order valence-electron chi connectivity index (χ0n) is 12.4. The smallest absolute Gasteiger partial charge is 0.227 e. The Bertz CT molecular complexity index is 830. The zero-order valence-corrected chi connectivity index (χ0v) is 12.4.